The number of hydrogen-bond donors (Lipinski definition) is 1. The van der Waals surface area contributed by atoms with Gasteiger partial charge in [0.15, 0.2) is 0 Å². The summed E-state index contributed by atoms with van der Waals surface area (Å²) < 4.78 is 0. The summed E-state index contributed by atoms with van der Waals surface area (Å²) in [4.78, 5) is 11.4. The van der Waals surface area contributed by atoms with Gasteiger partial charge in [0.05, 0.1) is 22.2 Å². The molecule has 0 saturated heterocycles. The summed E-state index contributed by atoms with van der Waals surface area (Å²) in [6.07, 6.45) is 0.863. The molecule has 1 aromatic carbocycles. The molecule has 102 valence electrons. The standard InChI is InChI=1S/C14H13N3O2S/c1-2-12(14-4-3-7-20-14)16-13-6-5-11(17(18)19)8-10(13)9-15/h3-8,12,16H,2H2,1H3. The van der Waals surface area contributed by atoms with Gasteiger partial charge in [0.25, 0.3) is 5.69 Å². The van der Waals surface area contributed by atoms with Gasteiger partial charge in [0.2, 0.25) is 0 Å². The van der Waals surface area contributed by atoms with E-state index in [1.54, 1.807) is 17.4 Å². The molecule has 1 atom stereocenters. The van der Waals surface area contributed by atoms with Crippen molar-refractivity contribution in [1.29, 1.82) is 5.26 Å². The van der Waals surface area contributed by atoms with Crippen LogP contribution in [0.5, 0.6) is 0 Å². The SMILES string of the molecule is CCC(Nc1ccc([N+](=O)[O-])cc1C#N)c1cccs1. The Labute approximate surface area is 120 Å². The first kappa shape index (κ1) is 14.0. The molecule has 5 nitrogen and oxygen atoms in total. The summed E-state index contributed by atoms with van der Waals surface area (Å²) in [7, 11) is 0. The molecule has 0 spiro atoms. The van der Waals surface area contributed by atoms with Gasteiger partial charge in [-0.15, -0.1) is 11.3 Å². The monoisotopic (exact) mass is 287 g/mol. The molecule has 0 saturated carbocycles. The van der Waals surface area contributed by atoms with Crippen LogP contribution < -0.4 is 5.32 Å². The fraction of sp³-hybridized carbons (Fsp3) is 0.214. The molecular formula is C14H13N3O2S. The summed E-state index contributed by atoms with van der Waals surface area (Å²) in [6.45, 7) is 2.05. The molecule has 6 heteroatoms. The molecule has 0 bridgehead atoms. The van der Waals surface area contributed by atoms with E-state index in [0.717, 1.165) is 6.42 Å². The molecule has 0 aliphatic rings. The molecule has 1 aromatic heterocycles. The predicted octanol–water partition coefficient (Wildman–Crippen LogP) is 4.09. The number of nitrogens with zero attached hydrogens (tertiary/aromatic N) is 2. The zero-order valence-electron chi connectivity index (χ0n) is 10.9. The summed E-state index contributed by atoms with van der Waals surface area (Å²) in [5, 5.41) is 25.1. The molecule has 0 aliphatic heterocycles. The van der Waals surface area contributed by atoms with Crippen LogP contribution in [0.4, 0.5) is 11.4 Å². The van der Waals surface area contributed by atoms with Crippen LogP contribution in [0.1, 0.15) is 29.8 Å². The van der Waals surface area contributed by atoms with Crippen LogP contribution in [0.3, 0.4) is 0 Å². The lowest BCUT2D eigenvalue weighted by atomic mass is 10.1. The van der Waals surface area contributed by atoms with Crippen molar-refractivity contribution < 1.29 is 4.92 Å². The van der Waals surface area contributed by atoms with Crippen molar-refractivity contribution in [2.75, 3.05) is 5.32 Å². The van der Waals surface area contributed by atoms with Gasteiger partial charge >= 0.3 is 0 Å². The van der Waals surface area contributed by atoms with Crippen LogP contribution in [-0.4, -0.2) is 4.92 Å². The van der Waals surface area contributed by atoms with Crippen LogP contribution in [-0.2, 0) is 0 Å². The van der Waals surface area contributed by atoms with Crippen LogP contribution in [0.25, 0.3) is 0 Å². The summed E-state index contributed by atoms with van der Waals surface area (Å²) in [5.74, 6) is 0. The number of thiophene rings is 1. The highest BCUT2D eigenvalue weighted by atomic mass is 32.1. The lowest BCUT2D eigenvalue weighted by Crippen LogP contribution is -2.09. The third-order valence-electron chi connectivity index (χ3n) is 2.96. The molecule has 0 radical (unpaired) electrons. The zero-order valence-corrected chi connectivity index (χ0v) is 11.7. The summed E-state index contributed by atoms with van der Waals surface area (Å²) in [6, 6.07) is 10.4. The third-order valence-corrected chi connectivity index (χ3v) is 3.95. The van der Waals surface area contributed by atoms with Crippen molar-refractivity contribution in [3.63, 3.8) is 0 Å². The summed E-state index contributed by atoms with van der Waals surface area (Å²) >= 11 is 1.64. The molecule has 2 rings (SSSR count). The van der Waals surface area contributed by atoms with Crippen molar-refractivity contribution in [2.24, 2.45) is 0 Å². The van der Waals surface area contributed by atoms with E-state index >= 15 is 0 Å². The van der Waals surface area contributed by atoms with E-state index in [1.807, 2.05) is 23.6 Å². The van der Waals surface area contributed by atoms with Crippen LogP contribution >= 0.6 is 11.3 Å². The van der Waals surface area contributed by atoms with Crippen molar-refractivity contribution in [3.8, 4) is 6.07 Å². The number of anilines is 1. The minimum atomic E-state index is -0.499. The number of rotatable bonds is 5. The Balaban J connectivity index is 2.29. The van der Waals surface area contributed by atoms with Crippen molar-refractivity contribution >= 4 is 22.7 Å². The van der Waals surface area contributed by atoms with E-state index in [1.165, 1.54) is 17.0 Å². The number of hydrogen-bond acceptors (Lipinski definition) is 5. The Kier molecular flexibility index (Phi) is 4.33. The lowest BCUT2D eigenvalue weighted by molar-refractivity contribution is -0.384. The fourth-order valence-electron chi connectivity index (χ4n) is 1.92. The number of nitrogens with one attached hydrogen (secondary N) is 1. The highest BCUT2D eigenvalue weighted by molar-refractivity contribution is 7.10. The molecule has 1 N–H and O–H groups in total. The third kappa shape index (κ3) is 2.95. The van der Waals surface area contributed by atoms with Crippen LogP contribution in [0.15, 0.2) is 35.7 Å². The minimum Gasteiger partial charge on any atom is -0.376 e. The highest BCUT2D eigenvalue weighted by Crippen LogP contribution is 2.29. The first-order valence-electron chi connectivity index (χ1n) is 6.14. The molecule has 1 unspecified atom stereocenters. The summed E-state index contributed by atoms with van der Waals surface area (Å²) in [5.41, 5.74) is 0.837. The maximum Gasteiger partial charge on any atom is 0.270 e. The number of nitriles is 1. The van der Waals surface area contributed by atoms with E-state index in [-0.39, 0.29) is 17.3 Å². The van der Waals surface area contributed by atoms with E-state index in [0.29, 0.717) is 5.69 Å². The Morgan fingerprint density at radius 3 is 2.85 bits per heavy atom. The normalized spacial score (nSPS) is 11.6. The van der Waals surface area contributed by atoms with Gasteiger partial charge in [-0.1, -0.05) is 13.0 Å². The van der Waals surface area contributed by atoms with Crippen LogP contribution in [0.2, 0.25) is 0 Å². The number of nitro groups is 1. The van der Waals surface area contributed by atoms with E-state index in [4.69, 9.17) is 5.26 Å². The molecule has 2 aromatic rings. The first-order chi connectivity index (χ1) is 9.65. The maximum absolute atomic E-state index is 10.7. The molecule has 20 heavy (non-hydrogen) atoms. The fourth-order valence-corrected chi connectivity index (χ4v) is 2.78. The number of benzene rings is 1. The average Bonchev–Trinajstić information content (AvgIpc) is 2.98. The second-order valence-electron chi connectivity index (χ2n) is 4.22. The Hall–Kier alpha value is -2.39. The van der Waals surface area contributed by atoms with Gasteiger partial charge in [0.1, 0.15) is 6.07 Å². The maximum atomic E-state index is 10.7. The first-order valence-corrected chi connectivity index (χ1v) is 7.02. The van der Waals surface area contributed by atoms with Gasteiger partial charge in [-0.05, 0) is 23.9 Å². The molecule has 1 heterocycles. The van der Waals surface area contributed by atoms with Gasteiger partial charge in [-0.3, -0.25) is 10.1 Å². The van der Waals surface area contributed by atoms with Crippen molar-refractivity contribution in [3.05, 3.63) is 56.3 Å². The molecule has 0 amide bonds. The molecule has 0 aliphatic carbocycles. The van der Waals surface area contributed by atoms with Gasteiger partial charge in [-0.2, -0.15) is 5.26 Å². The highest BCUT2D eigenvalue weighted by Gasteiger charge is 2.15. The van der Waals surface area contributed by atoms with E-state index < -0.39 is 4.92 Å². The topological polar surface area (TPSA) is 79.0 Å². The molecular weight excluding hydrogens is 274 g/mol. The molecule has 0 fully saturated rings. The van der Waals surface area contributed by atoms with Gasteiger partial charge in [-0.25, -0.2) is 0 Å². The smallest absolute Gasteiger partial charge is 0.270 e. The largest absolute Gasteiger partial charge is 0.376 e. The van der Waals surface area contributed by atoms with Crippen LogP contribution in [0, 0.1) is 21.4 Å². The predicted molar refractivity (Wildman–Crippen MR) is 78.8 cm³/mol. The minimum absolute atomic E-state index is 0.0729. The lowest BCUT2D eigenvalue weighted by Gasteiger charge is -2.17. The number of nitro benzene ring substituents is 1. The quantitative estimate of drug-likeness (QED) is 0.663. The van der Waals surface area contributed by atoms with Crippen molar-refractivity contribution in [1.82, 2.24) is 0 Å². The Morgan fingerprint density at radius 1 is 1.50 bits per heavy atom. The van der Waals surface area contributed by atoms with E-state index in [2.05, 4.69) is 12.2 Å². The second-order valence-corrected chi connectivity index (χ2v) is 5.20. The Morgan fingerprint density at radius 2 is 2.30 bits per heavy atom. The van der Waals surface area contributed by atoms with Crippen molar-refractivity contribution in [2.45, 2.75) is 19.4 Å². The zero-order chi connectivity index (χ0) is 14.5. The van der Waals surface area contributed by atoms with Gasteiger partial charge < -0.3 is 5.32 Å². The average molecular weight is 287 g/mol. The second kappa shape index (κ2) is 6.17. The van der Waals surface area contributed by atoms with E-state index in [9.17, 15) is 10.1 Å². The Bertz CT molecular complexity index is 647. The number of non-ortho nitro benzene ring substituents is 1. The van der Waals surface area contributed by atoms with Gasteiger partial charge in [0, 0.05) is 17.0 Å².